The first kappa shape index (κ1) is 25.2. The smallest absolute Gasteiger partial charge is 0.487 e. The Morgan fingerprint density at radius 1 is 1.03 bits per heavy atom. The van der Waals surface area contributed by atoms with Crippen LogP contribution in [0.25, 0.3) is 10.8 Å². The number of carboxylic acid groups (broad SMARTS) is 1. The molecule has 3 aromatic carbocycles. The number of nitrogens with one attached hydrogen (secondary N) is 1. The average Bonchev–Trinajstić information content (AvgIpc) is 2.83. The van der Waals surface area contributed by atoms with Crippen LogP contribution in [0.1, 0.15) is 34.3 Å². The van der Waals surface area contributed by atoms with E-state index in [9.17, 15) is 27.2 Å². The molecule has 0 unspecified atom stereocenters. The van der Waals surface area contributed by atoms with Crippen LogP contribution >= 0.6 is 0 Å². The predicted molar refractivity (Wildman–Crippen MR) is 119 cm³/mol. The molecule has 0 aliphatic carbocycles. The lowest BCUT2D eigenvalue weighted by atomic mass is 10.0. The zero-order valence-electron chi connectivity index (χ0n) is 18.7. The summed E-state index contributed by atoms with van der Waals surface area (Å²) in [6, 6.07) is 11.5. The molecule has 190 valence electrons. The summed E-state index contributed by atoms with van der Waals surface area (Å²) < 4.78 is 69.5. The second-order valence-electron chi connectivity index (χ2n) is 8.19. The summed E-state index contributed by atoms with van der Waals surface area (Å²) in [6.07, 6.45) is -6.00. The number of hydrogen-bond donors (Lipinski definition) is 2. The lowest BCUT2D eigenvalue weighted by Gasteiger charge is -2.36. The third-order valence-corrected chi connectivity index (χ3v) is 5.78. The largest absolute Gasteiger partial charge is 0.507 e. The summed E-state index contributed by atoms with van der Waals surface area (Å²) in [5, 5.41) is 12.1. The normalized spacial score (nSPS) is 15.3. The zero-order valence-corrected chi connectivity index (χ0v) is 18.7. The van der Waals surface area contributed by atoms with Gasteiger partial charge in [-0.15, -0.1) is 0 Å². The van der Waals surface area contributed by atoms with Crippen LogP contribution in [0.3, 0.4) is 0 Å². The molecule has 1 heterocycles. The van der Waals surface area contributed by atoms with Gasteiger partial charge in [0.05, 0.1) is 24.3 Å². The quantitative estimate of drug-likeness (QED) is 0.260. The number of fused-ring (bicyclic) bond motifs is 1. The van der Waals surface area contributed by atoms with E-state index in [2.05, 4.69) is 5.32 Å². The third-order valence-electron chi connectivity index (χ3n) is 5.78. The van der Waals surface area contributed by atoms with E-state index in [0.717, 1.165) is 18.2 Å². The van der Waals surface area contributed by atoms with Gasteiger partial charge in [-0.2, -0.15) is 13.2 Å². The highest BCUT2D eigenvalue weighted by Crippen LogP contribution is 2.34. The first-order valence-corrected chi connectivity index (χ1v) is 10.9. The van der Waals surface area contributed by atoms with Crippen LogP contribution < -0.4 is 10.1 Å². The number of amides is 1. The first-order chi connectivity index (χ1) is 17.1. The minimum atomic E-state index is -4.49. The maximum absolute atomic E-state index is 14.9. The number of ether oxygens (including phenoxy) is 3. The predicted octanol–water partition coefficient (Wildman–Crippen LogP) is 5.51. The number of rotatable bonds is 6. The second kappa shape index (κ2) is 10.0. The molecule has 3 aromatic rings. The Hall–Kier alpha value is -3.86. The molecule has 0 bridgehead atoms. The summed E-state index contributed by atoms with van der Waals surface area (Å²) in [6.45, 7) is 0.0620. The minimum absolute atomic E-state index is 0.0121. The monoisotopic (exact) mass is 507 g/mol. The number of alkyl halides is 3. The number of carbonyl (C=O) groups is 2. The van der Waals surface area contributed by atoms with Gasteiger partial charge in [-0.3, -0.25) is 4.79 Å². The number of hydrogen-bond acceptors (Lipinski definition) is 5. The van der Waals surface area contributed by atoms with Crippen LogP contribution in [0.15, 0.2) is 54.6 Å². The van der Waals surface area contributed by atoms with Gasteiger partial charge in [0.25, 0.3) is 5.91 Å². The van der Waals surface area contributed by atoms with Crippen LogP contribution in [0.2, 0.25) is 0 Å². The third kappa shape index (κ3) is 5.51. The van der Waals surface area contributed by atoms with Gasteiger partial charge in [0.2, 0.25) is 0 Å². The maximum Gasteiger partial charge on any atom is 0.507 e. The Morgan fingerprint density at radius 2 is 1.67 bits per heavy atom. The molecule has 7 nitrogen and oxygen atoms in total. The summed E-state index contributed by atoms with van der Waals surface area (Å²) >= 11 is 0. The first-order valence-electron chi connectivity index (χ1n) is 10.9. The Morgan fingerprint density at radius 3 is 2.28 bits per heavy atom. The molecule has 0 radical (unpaired) electrons. The molecule has 1 amide bonds. The Kier molecular flexibility index (Phi) is 7.02. The molecule has 0 atom stereocenters. The molecule has 0 saturated carbocycles. The lowest BCUT2D eigenvalue weighted by Crippen LogP contribution is -2.54. The molecule has 0 spiro atoms. The van der Waals surface area contributed by atoms with E-state index in [1.165, 1.54) is 24.3 Å². The fraction of sp³-hybridized carbons (Fsp3) is 0.280. The maximum atomic E-state index is 14.9. The van der Waals surface area contributed by atoms with Crippen molar-refractivity contribution < 1.29 is 46.5 Å². The van der Waals surface area contributed by atoms with Crippen LogP contribution in [-0.4, -0.2) is 36.1 Å². The van der Waals surface area contributed by atoms with Crippen LogP contribution in [0.4, 0.5) is 22.4 Å². The van der Waals surface area contributed by atoms with Gasteiger partial charge in [-0.05, 0) is 23.8 Å². The number of benzene rings is 3. The van der Waals surface area contributed by atoms with E-state index in [4.69, 9.17) is 19.3 Å². The molecule has 1 aliphatic rings. The fourth-order valence-corrected chi connectivity index (χ4v) is 3.97. The highest BCUT2D eigenvalue weighted by Gasteiger charge is 2.39. The second-order valence-corrected chi connectivity index (χ2v) is 8.19. The average molecular weight is 507 g/mol. The Balaban J connectivity index is 1.67. The highest BCUT2D eigenvalue weighted by atomic mass is 19.4. The van der Waals surface area contributed by atoms with Gasteiger partial charge in [0.15, 0.2) is 5.72 Å². The molecule has 2 N–H and O–H groups in total. The van der Waals surface area contributed by atoms with Crippen molar-refractivity contribution in [3.63, 3.8) is 0 Å². The topological polar surface area (TPSA) is 94.1 Å². The lowest BCUT2D eigenvalue weighted by molar-refractivity contribution is -0.137. The molecule has 1 aliphatic heterocycles. The van der Waals surface area contributed by atoms with Crippen molar-refractivity contribution in [1.29, 1.82) is 0 Å². The van der Waals surface area contributed by atoms with Gasteiger partial charge >= 0.3 is 12.3 Å². The molecule has 1 saturated heterocycles. The van der Waals surface area contributed by atoms with Gasteiger partial charge in [-0.25, -0.2) is 9.18 Å². The van der Waals surface area contributed by atoms with E-state index >= 15 is 0 Å². The van der Waals surface area contributed by atoms with Gasteiger partial charge in [0.1, 0.15) is 18.2 Å². The summed E-state index contributed by atoms with van der Waals surface area (Å²) in [7, 11) is 0. The number of halogens is 4. The Bertz CT molecular complexity index is 1270. The minimum Gasteiger partial charge on any atom is -0.487 e. The van der Waals surface area contributed by atoms with Gasteiger partial charge in [0, 0.05) is 23.6 Å². The van der Waals surface area contributed by atoms with Crippen molar-refractivity contribution in [3.8, 4) is 5.75 Å². The van der Waals surface area contributed by atoms with Crippen molar-refractivity contribution in [2.24, 2.45) is 0 Å². The Labute approximate surface area is 202 Å². The summed E-state index contributed by atoms with van der Waals surface area (Å²) in [4.78, 5) is 24.5. The van der Waals surface area contributed by atoms with Crippen LogP contribution in [-0.2, 0) is 22.3 Å². The fourth-order valence-electron chi connectivity index (χ4n) is 3.97. The van der Waals surface area contributed by atoms with E-state index in [1.807, 2.05) is 0 Å². The van der Waals surface area contributed by atoms with Crippen LogP contribution in [0, 0.1) is 5.82 Å². The molecule has 4 rings (SSSR count). The highest BCUT2D eigenvalue weighted by molar-refractivity contribution is 6.04. The molecule has 36 heavy (non-hydrogen) atoms. The zero-order chi connectivity index (χ0) is 25.9. The molecular weight excluding hydrogens is 486 g/mol. The van der Waals surface area contributed by atoms with Crippen molar-refractivity contribution in [1.82, 2.24) is 5.32 Å². The van der Waals surface area contributed by atoms with Crippen molar-refractivity contribution in [2.75, 3.05) is 13.2 Å². The molecule has 1 fully saturated rings. The van der Waals surface area contributed by atoms with Crippen LogP contribution in [0.5, 0.6) is 5.75 Å². The number of carbonyl (C=O) groups excluding carboxylic acids is 1. The van der Waals surface area contributed by atoms with E-state index < -0.39 is 35.3 Å². The van der Waals surface area contributed by atoms with Gasteiger partial charge < -0.3 is 24.6 Å². The van der Waals surface area contributed by atoms with Crippen molar-refractivity contribution in [3.05, 3.63) is 77.1 Å². The van der Waals surface area contributed by atoms with E-state index in [0.29, 0.717) is 5.56 Å². The molecular formula is C25H21F4NO6. The van der Waals surface area contributed by atoms with E-state index in [-0.39, 0.29) is 54.7 Å². The molecule has 0 aromatic heterocycles. The standard InChI is InChI=1S/C25H21F4NO6/c26-20-13-19(22(31)30-24(36-23(32)33)9-11-34-12-10-24)21(18-4-2-1-3-17(18)20)35-14-15-5-7-16(8-6-15)25(27,28)29/h1-8,13H,9-12,14H2,(H,30,31)(H,32,33). The molecule has 11 heteroatoms. The summed E-state index contributed by atoms with van der Waals surface area (Å²) in [5.74, 6) is -1.56. The summed E-state index contributed by atoms with van der Waals surface area (Å²) in [5.41, 5.74) is -2.23. The van der Waals surface area contributed by atoms with Gasteiger partial charge in [-0.1, -0.05) is 36.4 Å². The SMILES string of the molecule is O=C(O)OC1(NC(=O)c2cc(F)c3ccccc3c2OCc2ccc(C(F)(F)F)cc2)CCOCC1. The van der Waals surface area contributed by atoms with Crippen molar-refractivity contribution in [2.45, 2.75) is 31.3 Å². The van der Waals surface area contributed by atoms with E-state index in [1.54, 1.807) is 12.1 Å². The van der Waals surface area contributed by atoms with Crippen molar-refractivity contribution >= 4 is 22.8 Å².